The maximum absolute atomic E-state index is 10.7. The summed E-state index contributed by atoms with van der Waals surface area (Å²) >= 11 is 3.48. The fourth-order valence-corrected chi connectivity index (χ4v) is 6.28. The van der Waals surface area contributed by atoms with Gasteiger partial charge in [0.25, 0.3) is 0 Å². The molecule has 0 radical (unpaired) electrons. The summed E-state index contributed by atoms with van der Waals surface area (Å²) in [5.41, 5.74) is 0.873. The molecule has 0 fully saturated rings. The van der Waals surface area contributed by atoms with Gasteiger partial charge in [-0.3, -0.25) is 0 Å². The van der Waals surface area contributed by atoms with Gasteiger partial charge in [-0.2, -0.15) is 0 Å². The van der Waals surface area contributed by atoms with Crippen LogP contribution in [0.1, 0.15) is 0 Å². The van der Waals surface area contributed by atoms with Crippen LogP contribution in [0.5, 0.6) is 0 Å². The second-order valence-corrected chi connectivity index (χ2v) is 13.5. The molecular formula is C30H27ClF6N4OP2RuS. The first-order valence-corrected chi connectivity index (χ1v) is 19.4. The minimum atomic E-state index is -10.7. The van der Waals surface area contributed by atoms with E-state index in [0.717, 1.165) is 10.6 Å². The number of benzene rings is 4. The smallest absolute Gasteiger partial charge is 0.0134 e. The Balaban J connectivity index is 0.000000355. The summed E-state index contributed by atoms with van der Waals surface area (Å²) in [6, 6.07) is 40.2. The SMILES string of the molecule is CSc1ccccc1N=Nc1nccn1C.F[P-](F)(F)(F)(F)F.[C-]#[O+].[Cl][Ru+].c1ccc(P(c2ccccc2)c2ccccc2)cc1. The Hall–Kier alpha value is -2.87. The van der Waals surface area contributed by atoms with E-state index < -0.39 is 15.7 Å². The summed E-state index contributed by atoms with van der Waals surface area (Å²) in [6.07, 6.45) is 5.57. The number of azo groups is 1. The van der Waals surface area contributed by atoms with Crippen molar-refractivity contribution in [3.8, 4) is 0 Å². The van der Waals surface area contributed by atoms with Crippen molar-refractivity contribution < 1.29 is 47.1 Å². The molecule has 0 saturated carbocycles. The summed E-state index contributed by atoms with van der Waals surface area (Å²) in [7, 11) is -4.64. The molecule has 0 amide bonds. The number of aromatic nitrogens is 2. The summed E-state index contributed by atoms with van der Waals surface area (Å²) in [4.78, 5) is 5.19. The number of aryl methyl sites for hydroxylation is 1. The van der Waals surface area contributed by atoms with Gasteiger partial charge in [0, 0.05) is 24.3 Å². The Kier molecular flexibility index (Phi) is 17.1. The number of imidazole rings is 1. The van der Waals surface area contributed by atoms with E-state index in [9.17, 15) is 25.2 Å². The second kappa shape index (κ2) is 19.1. The van der Waals surface area contributed by atoms with Gasteiger partial charge in [-0.1, -0.05) is 103 Å². The van der Waals surface area contributed by atoms with Crippen molar-refractivity contribution in [3.63, 3.8) is 0 Å². The first-order valence-electron chi connectivity index (χ1n) is 12.6. The Morgan fingerprint density at radius 2 is 1.09 bits per heavy atom. The zero-order valence-electron chi connectivity index (χ0n) is 24.1. The molecule has 4 aromatic carbocycles. The van der Waals surface area contributed by atoms with Gasteiger partial charge in [0.15, 0.2) is 0 Å². The Morgan fingerprint density at radius 1 is 0.717 bits per heavy atom. The molecule has 1 heterocycles. The van der Waals surface area contributed by atoms with E-state index >= 15 is 0 Å². The van der Waals surface area contributed by atoms with Gasteiger partial charge in [-0.15, -0.1) is 22.0 Å². The van der Waals surface area contributed by atoms with Crippen LogP contribution in [0, 0.1) is 6.65 Å². The normalized spacial score (nSPS) is 11.9. The third-order valence-corrected chi connectivity index (χ3v) is 8.40. The van der Waals surface area contributed by atoms with Crippen molar-refractivity contribution >= 4 is 64.7 Å². The summed E-state index contributed by atoms with van der Waals surface area (Å²) < 4.78 is 68.5. The predicted molar refractivity (Wildman–Crippen MR) is 174 cm³/mol. The molecule has 0 saturated heterocycles. The minimum absolute atomic E-state index is 0.446. The van der Waals surface area contributed by atoms with E-state index in [2.05, 4.69) is 123 Å². The van der Waals surface area contributed by atoms with Crippen molar-refractivity contribution in [1.82, 2.24) is 9.55 Å². The van der Waals surface area contributed by atoms with Crippen LogP contribution >= 0.6 is 37.2 Å². The van der Waals surface area contributed by atoms with Crippen LogP contribution in [-0.4, -0.2) is 15.8 Å². The molecule has 246 valence electrons. The van der Waals surface area contributed by atoms with Crippen LogP contribution in [-0.2, 0) is 29.0 Å². The zero-order chi connectivity index (χ0) is 34.7. The van der Waals surface area contributed by atoms with Crippen LogP contribution in [0.3, 0.4) is 0 Å². The number of halogens is 7. The Labute approximate surface area is 282 Å². The number of rotatable bonds is 6. The van der Waals surface area contributed by atoms with E-state index in [1.807, 2.05) is 65.6 Å². The van der Waals surface area contributed by atoms with Crippen LogP contribution < -0.4 is 15.9 Å². The molecule has 0 aliphatic rings. The molecule has 16 heteroatoms. The largest absolute Gasteiger partial charge is 0.0622 e. The van der Waals surface area contributed by atoms with Crippen LogP contribution in [0.15, 0.2) is 143 Å². The maximum Gasteiger partial charge on any atom is -0.0134 e. The van der Waals surface area contributed by atoms with Crippen LogP contribution in [0.25, 0.3) is 0 Å². The average molecular weight is 804 g/mol. The fraction of sp³-hybridized carbons (Fsp3) is 0.0667. The number of nitrogens with zero attached hydrogens (tertiary/aromatic N) is 4. The summed E-state index contributed by atoms with van der Waals surface area (Å²) in [5, 5.41) is 12.5. The standard InChI is InChI=1S/C18H15P.C11H12N4S.CO.ClH.F6P.Ru/c1-4-10-16(11-5-1)19(17-12-6-2-7-13-17)18-14-8-3-9-15-18;1-15-8-7-12-11(15)14-13-9-5-3-4-6-10(9)16-2;1-2;;1-7(2,3,4,5)6;/h1-15H;3-8H,1-2H3;;1H;;/q;;;;-1;+2/p-1. The van der Waals surface area contributed by atoms with E-state index in [-0.39, 0.29) is 0 Å². The van der Waals surface area contributed by atoms with E-state index in [1.165, 1.54) is 15.9 Å². The number of hydrogen-bond acceptors (Lipinski definition) is 4. The van der Waals surface area contributed by atoms with E-state index in [4.69, 9.17) is 4.65 Å². The first-order chi connectivity index (χ1) is 21.7. The molecule has 0 unspecified atom stereocenters. The minimum Gasteiger partial charge on any atom is -0.0622 e. The fourth-order valence-electron chi connectivity index (χ4n) is 3.44. The van der Waals surface area contributed by atoms with Crippen molar-refractivity contribution in [2.45, 2.75) is 4.90 Å². The molecular weight excluding hydrogens is 777 g/mol. The van der Waals surface area contributed by atoms with E-state index in [0.29, 0.717) is 5.95 Å². The molecule has 0 spiro atoms. The summed E-state index contributed by atoms with van der Waals surface area (Å²) in [6.45, 7) is 4.50. The molecule has 1 aromatic heterocycles. The third-order valence-electron chi connectivity index (χ3n) is 5.17. The third kappa shape index (κ3) is 17.7. The number of hydrogen-bond donors (Lipinski definition) is 0. The van der Waals surface area contributed by atoms with Crippen LogP contribution in [0.2, 0.25) is 0 Å². The Bertz CT molecular complexity index is 1530. The van der Waals surface area contributed by atoms with Gasteiger partial charge in [0.1, 0.15) is 0 Å². The van der Waals surface area contributed by atoms with Crippen molar-refractivity contribution in [3.05, 3.63) is 134 Å². The Morgan fingerprint density at radius 3 is 1.43 bits per heavy atom. The van der Waals surface area contributed by atoms with Crippen LogP contribution in [0.4, 0.5) is 36.8 Å². The van der Waals surface area contributed by atoms with Crippen molar-refractivity contribution in [2.75, 3.05) is 6.26 Å². The van der Waals surface area contributed by atoms with Gasteiger partial charge in [-0.25, -0.2) is 4.98 Å². The van der Waals surface area contributed by atoms with Gasteiger partial charge in [0.05, 0.1) is 5.69 Å². The molecule has 0 atom stereocenters. The predicted octanol–water partition coefficient (Wildman–Crippen LogP) is 11.0. The van der Waals surface area contributed by atoms with Gasteiger partial charge < -0.3 is 4.57 Å². The van der Waals surface area contributed by atoms with E-state index in [1.54, 1.807) is 18.0 Å². The van der Waals surface area contributed by atoms with Crippen molar-refractivity contribution in [2.24, 2.45) is 17.3 Å². The molecule has 5 rings (SSSR count). The molecule has 0 aliphatic heterocycles. The topological polar surface area (TPSA) is 62.4 Å². The molecule has 0 aliphatic carbocycles. The van der Waals surface area contributed by atoms with Gasteiger partial charge in [-0.05, 0) is 42.2 Å². The molecule has 0 N–H and O–H groups in total. The second-order valence-electron chi connectivity index (χ2n) is 8.51. The number of thioether (sulfide) groups is 1. The monoisotopic (exact) mass is 804 g/mol. The maximum atomic E-state index is 9.87. The molecule has 0 bridgehead atoms. The zero-order valence-corrected chi connectivity index (χ0v) is 29.2. The van der Waals surface area contributed by atoms with Crippen molar-refractivity contribution in [1.29, 1.82) is 0 Å². The molecule has 5 aromatic rings. The quantitative estimate of drug-likeness (QED) is 0.0326. The average Bonchev–Trinajstić information content (AvgIpc) is 3.47. The molecule has 46 heavy (non-hydrogen) atoms. The molecule has 5 nitrogen and oxygen atoms in total. The summed E-state index contributed by atoms with van der Waals surface area (Å²) in [5.74, 6) is 0.607. The van der Waals surface area contributed by atoms with Gasteiger partial charge in [0.2, 0.25) is 5.95 Å². The first kappa shape index (κ1) is 41.2. The van der Waals surface area contributed by atoms with Gasteiger partial charge >= 0.3 is 71.3 Å².